The highest BCUT2D eigenvalue weighted by molar-refractivity contribution is 6.30. The largest absolute Gasteiger partial charge is 0.476 e. The van der Waals surface area contributed by atoms with E-state index in [4.69, 9.17) is 22.4 Å². The molecule has 0 aliphatic heterocycles. The van der Waals surface area contributed by atoms with Gasteiger partial charge in [-0.25, -0.2) is 9.48 Å². The van der Waals surface area contributed by atoms with E-state index in [-0.39, 0.29) is 12.2 Å². The summed E-state index contributed by atoms with van der Waals surface area (Å²) >= 11 is 5.88. The van der Waals surface area contributed by atoms with Gasteiger partial charge >= 0.3 is 5.97 Å². The lowest BCUT2D eigenvalue weighted by atomic mass is 10.2. The third kappa shape index (κ3) is 2.49. The number of benzene rings is 1. The summed E-state index contributed by atoms with van der Waals surface area (Å²) in [5, 5.41) is 16.9. The molecule has 6 nitrogen and oxygen atoms in total. The highest BCUT2D eigenvalue weighted by Crippen LogP contribution is 2.13. The summed E-state index contributed by atoms with van der Waals surface area (Å²) in [6.07, 6.45) is 0. The molecule has 0 radical (unpaired) electrons. The van der Waals surface area contributed by atoms with Crippen LogP contribution in [0.3, 0.4) is 0 Å². The zero-order valence-corrected chi connectivity index (χ0v) is 10.1. The number of hydrogen-bond acceptors (Lipinski definition) is 4. The maximum atomic E-state index is 10.9. The Bertz CT molecular complexity index is 582. The lowest BCUT2D eigenvalue weighted by Gasteiger charge is -2.05. The van der Waals surface area contributed by atoms with Crippen LogP contribution in [0.2, 0.25) is 5.02 Å². The number of nitrogens with two attached hydrogens (primary N) is 1. The molecule has 0 unspecified atom stereocenters. The van der Waals surface area contributed by atoms with Crippen LogP contribution in [0.4, 0.5) is 0 Å². The molecule has 94 valence electrons. The third-order valence-corrected chi connectivity index (χ3v) is 2.69. The number of halogens is 1. The van der Waals surface area contributed by atoms with Gasteiger partial charge in [-0.3, -0.25) is 0 Å². The predicted molar refractivity (Wildman–Crippen MR) is 65.4 cm³/mol. The fourth-order valence-electron chi connectivity index (χ4n) is 1.64. The first-order valence-electron chi connectivity index (χ1n) is 5.22. The van der Waals surface area contributed by atoms with Gasteiger partial charge in [0.25, 0.3) is 0 Å². The molecule has 0 atom stereocenters. The van der Waals surface area contributed by atoms with Gasteiger partial charge in [0.1, 0.15) is 0 Å². The molecule has 18 heavy (non-hydrogen) atoms. The summed E-state index contributed by atoms with van der Waals surface area (Å²) in [5.41, 5.74) is 6.71. The van der Waals surface area contributed by atoms with E-state index in [1.54, 1.807) is 12.1 Å². The third-order valence-electron chi connectivity index (χ3n) is 2.45. The van der Waals surface area contributed by atoms with Crippen LogP contribution in [-0.2, 0) is 13.1 Å². The molecule has 3 N–H and O–H groups in total. The van der Waals surface area contributed by atoms with Crippen LogP contribution in [0.15, 0.2) is 24.3 Å². The zero-order valence-electron chi connectivity index (χ0n) is 9.38. The molecule has 2 aromatic rings. The molecule has 1 aromatic carbocycles. The van der Waals surface area contributed by atoms with Gasteiger partial charge in [0, 0.05) is 11.6 Å². The van der Waals surface area contributed by atoms with Crippen LogP contribution in [-0.4, -0.2) is 26.1 Å². The highest BCUT2D eigenvalue weighted by Gasteiger charge is 2.17. The normalized spacial score (nSPS) is 10.6. The summed E-state index contributed by atoms with van der Waals surface area (Å²) in [6, 6.07) is 7.23. The van der Waals surface area contributed by atoms with Crippen LogP contribution >= 0.6 is 11.6 Å². The second kappa shape index (κ2) is 5.16. The lowest BCUT2D eigenvalue weighted by molar-refractivity contribution is 0.0689. The van der Waals surface area contributed by atoms with Crippen LogP contribution in [0.25, 0.3) is 0 Å². The van der Waals surface area contributed by atoms with Crippen molar-refractivity contribution in [3.63, 3.8) is 0 Å². The number of aromatic carboxylic acids is 1. The van der Waals surface area contributed by atoms with E-state index in [0.29, 0.717) is 17.3 Å². The van der Waals surface area contributed by atoms with Crippen LogP contribution < -0.4 is 5.73 Å². The van der Waals surface area contributed by atoms with E-state index in [0.717, 1.165) is 5.56 Å². The number of carboxylic acid groups (broad SMARTS) is 1. The molecule has 0 bridgehead atoms. The van der Waals surface area contributed by atoms with E-state index >= 15 is 0 Å². The van der Waals surface area contributed by atoms with Gasteiger partial charge < -0.3 is 10.8 Å². The Hall–Kier alpha value is -1.92. The molecule has 0 saturated heterocycles. The number of hydrogen-bond donors (Lipinski definition) is 2. The Morgan fingerprint density at radius 3 is 2.89 bits per heavy atom. The minimum absolute atomic E-state index is 0.0647. The second-order valence-corrected chi connectivity index (χ2v) is 4.12. The molecular weight excluding hydrogens is 256 g/mol. The number of nitrogens with zero attached hydrogens (tertiary/aromatic N) is 3. The van der Waals surface area contributed by atoms with Crippen molar-refractivity contribution in [1.29, 1.82) is 0 Å². The number of rotatable bonds is 4. The van der Waals surface area contributed by atoms with Gasteiger partial charge in [-0.15, -0.1) is 5.10 Å². The average molecular weight is 267 g/mol. The Morgan fingerprint density at radius 2 is 2.28 bits per heavy atom. The van der Waals surface area contributed by atoms with Gasteiger partial charge in [-0.1, -0.05) is 28.9 Å². The monoisotopic (exact) mass is 266 g/mol. The van der Waals surface area contributed by atoms with E-state index < -0.39 is 5.97 Å². The molecular formula is C11H11ClN4O2. The minimum Gasteiger partial charge on any atom is -0.476 e. The number of aromatic nitrogens is 3. The fourth-order valence-corrected chi connectivity index (χ4v) is 1.85. The highest BCUT2D eigenvalue weighted by atomic mass is 35.5. The fraction of sp³-hybridized carbons (Fsp3) is 0.182. The van der Waals surface area contributed by atoms with Crippen LogP contribution in [0, 0.1) is 0 Å². The first kappa shape index (κ1) is 12.5. The molecule has 7 heteroatoms. The maximum Gasteiger partial charge on any atom is 0.358 e. The topological polar surface area (TPSA) is 94.0 Å². The van der Waals surface area contributed by atoms with Crippen molar-refractivity contribution in [2.45, 2.75) is 13.1 Å². The van der Waals surface area contributed by atoms with Crippen molar-refractivity contribution in [1.82, 2.24) is 15.0 Å². The second-order valence-electron chi connectivity index (χ2n) is 3.68. The Morgan fingerprint density at radius 1 is 1.50 bits per heavy atom. The molecule has 1 heterocycles. The predicted octanol–water partition coefficient (Wildman–Crippen LogP) is 1.14. The molecule has 0 aliphatic rings. The van der Waals surface area contributed by atoms with E-state index in [2.05, 4.69) is 10.3 Å². The van der Waals surface area contributed by atoms with Crippen molar-refractivity contribution in [2.24, 2.45) is 5.73 Å². The van der Waals surface area contributed by atoms with Crippen molar-refractivity contribution >= 4 is 17.6 Å². The van der Waals surface area contributed by atoms with Gasteiger partial charge in [0.15, 0.2) is 5.69 Å². The maximum absolute atomic E-state index is 10.9. The van der Waals surface area contributed by atoms with Gasteiger partial charge in [-0.2, -0.15) is 0 Å². The number of carbonyl (C=O) groups is 1. The number of carboxylic acids is 1. The summed E-state index contributed by atoms with van der Waals surface area (Å²) < 4.78 is 1.47. The summed E-state index contributed by atoms with van der Waals surface area (Å²) in [7, 11) is 0. The van der Waals surface area contributed by atoms with Crippen molar-refractivity contribution in [3.8, 4) is 0 Å². The summed E-state index contributed by atoms with van der Waals surface area (Å²) in [4.78, 5) is 10.9. The van der Waals surface area contributed by atoms with Crippen molar-refractivity contribution in [2.75, 3.05) is 0 Å². The average Bonchev–Trinajstić information content (AvgIpc) is 2.72. The molecule has 2 rings (SSSR count). The molecule has 0 amide bonds. The summed E-state index contributed by atoms with van der Waals surface area (Å²) in [5.74, 6) is -1.13. The quantitative estimate of drug-likeness (QED) is 0.865. The Kier molecular flexibility index (Phi) is 3.59. The molecule has 0 aliphatic carbocycles. The summed E-state index contributed by atoms with van der Waals surface area (Å²) in [6.45, 7) is 0.447. The molecule has 0 fully saturated rings. The lowest BCUT2D eigenvalue weighted by Crippen LogP contribution is -2.13. The van der Waals surface area contributed by atoms with Crippen LogP contribution in [0.5, 0.6) is 0 Å². The van der Waals surface area contributed by atoms with Gasteiger partial charge in [0.05, 0.1) is 12.2 Å². The Balaban J connectivity index is 2.32. The van der Waals surface area contributed by atoms with E-state index in [1.807, 2.05) is 12.1 Å². The SMILES string of the molecule is NCc1c(C(=O)O)nnn1Cc1cccc(Cl)c1. The molecule has 1 aromatic heterocycles. The first-order valence-corrected chi connectivity index (χ1v) is 5.59. The zero-order chi connectivity index (χ0) is 13.1. The van der Waals surface area contributed by atoms with E-state index in [9.17, 15) is 4.79 Å². The van der Waals surface area contributed by atoms with Gasteiger partial charge in [0.2, 0.25) is 0 Å². The molecule has 0 spiro atoms. The van der Waals surface area contributed by atoms with Crippen LogP contribution in [0.1, 0.15) is 21.7 Å². The smallest absolute Gasteiger partial charge is 0.358 e. The van der Waals surface area contributed by atoms with Crippen molar-refractivity contribution in [3.05, 3.63) is 46.2 Å². The standard InChI is InChI=1S/C11H11ClN4O2/c12-8-3-1-2-7(4-8)6-16-9(5-13)10(11(17)18)14-15-16/h1-4H,5-6,13H2,(H,17,18). The molecule has 0 saturated carbocycles. The minimum atomic E-state index is -1.13. The van der Waals surface area contributed by atoms with Gasteiger partial charge in [-0.05, 0) is 17.7 Å². The van der Waals surface area contributed by atoms with Crippen molar-refractivity contribution < 1.29 is 9.90 Å². The first-order chi connectivity index (χ1) is 8.61. The van der Waals surface area contributed by atoms with E-state index in [1.165, 1.54) is 4.68 Å². The Labute approximate surface area is 108 Å².